The largest absolute Gasteiger partial charge is 0.733 e. The maximum Gasteiger partial charge on any atom is 0.244 e. The molecule has 3 aromatic rings. The molecule has 2 N–H and O–H groups in total. The summed E-state index contributed by atoms with van der Waals surface area (Å²) in [5.41, 5.74) is 1.48. The lowest BCUT2D eigenvalue weighted by Gasteiger charge is -2.21. The van der Waals surface area contributed by atoms with E-state index in [4.69, 9.17) is 9.73 Å². The molecule has 0 amide bonds. The Labute approximate surface area is 160 Å². The first-order valence-corrected chi connectivity index (χ1v) is 8.76. The van der Waals surface area contributed by atoms with E-state index in [1.165, 1.54) is 24.3 Å². The van der Waals surface area contributed by atoms with Crippen LogP contribution in [0, 0.1) is 11.0 Å². The fourth-order valence-electron chi connectivity index (χ4n) is 3.39. The summed E-state index contributed by atoms with van der Waals surface area (Å²) in [5.74, 6) is 0.328. The van der Waals surface area contributed by atoms with E-state index in [-0.39, 0.29) is 28.6 Å². The molecule has 2 atom stereocenters. The first-order chi connectivity index (χ1) is 13.5. The van der Waals surface area contributed by atoms with Gasteiger partial charge in [0.2, 0.25) is 11.7 Å². The topological polar surface area (TPSA) is 109 Å². The van der Waals surface area contributed by atoms with Crippen LogP contribution in [0.25, 0.3) is 11.4 Å². The van der Waals surface area contributed by atoms with Gasteiger partial charge in [0, 0.05) is 18.7 Å². The fraction of sp³-hybridized carbons (Fsp3) is 0.263. The highest BCUT2D eigenvalue weighted by atomic mass is 19.1. The monoisotopic (exact) mass is 385 g/mol. The van der Waals surface area contributed by atoms with Crippen molar-refractivity contribution >= 4 is 5.69 Å². The highest BCUT2D eigenvalue weighted by Crippen LogP contribution is 2.33. The number of nitrogens with zero attached hydrogens (tertiary/aromatic N) is 4. The predicted molar refractivity (Wildman–Crippen MR) is 97.5 cm³/mol. The molecule has 0 aliphatic carbocycles. The summed E-state index contributed by atoms with van der Waals surface area (Å²) >= 11 is 0. The minimum absolute atomic E-state index is 0.0538. The number of hydrogen-bond donors (Lipinski definition) is 2. The Morgan fingerprint density at radius 2 is 2.04 bits per heavy atom. The number of halogens is 1. The first kappa shape index (κ1) is 18.5. The normalized spacial score (nSPS) is 19.9. The lowest BCUT2D eigenvalue weighted by molar-refractivity contribution is 0.169. The van der Waals surface area contributed by atoms with E-state index in [1.54, 1.807) is 24.3 Å². The van der Waals surface area contributed by atoms with E-state index in [9.17, 15) is 14.7 Å². The van der Waals surface area contributed by atoms with Crippen LogP contribution < -0.4 is 5.23 Å². The van der Waals surface area contributed by atoms with E-state index in [0.717, 1.165) is 5.56 Å². The van der Waals surface area contributed by atoms with Crippen LogP contribution >= 0.6 is 0 Å². The average Bonchev–Trinajstić information content (AvgIpc) is 3.30. The van der Waals surface area contributed by atoms with E-state index >= 15 is 0 Å². The van der Waals surface area contributed by atoms with Crippen LogP contribution in [0.4, 0.5) is 10.1 Å². The second-order valence-corrected chi connectivity index (χ2v) is 6.74. The van der Waals surface area contributed by atoms with Gasteiger partial charge in [0.15, 0.2) is 0 Å². The van der Waals surface area contributed by atoms with E-state index < -0.39 is 6.10 Å². The molecule has 9 heteroatoms. The summed E-state index contributed by atoms with van der Waals surface area (Å²) in [6, 6.07) is 12.1. The zero-order valence-corrected chi connectivity index (χ0v) is 14.8. The van der Waals surface area contributed by atoms with Gasteiger partial charge in [0.25, 0.3) is 0 Å². The number of rotatable bonds is 5. The molecule has 2 heterocycles. The zero-order valence-electron chi connectivity index (χ0n) is 14.8. The molecule has 1 fully saturated rings. The van der Waals surface area contributed by atoms with Crippen molar-refractivity contribution in [1.29, 1.82) is 0 Å². The molecule has 1 saturated heterocycles. The fourth-order valence-corrected chi connectivity index (χ4v) is 3.39. The molecule has 4 rings (SSSR count). The number of aromatic nitrogens is 2. The van der Waals surface area contributed by atoms with Gasteiger partial charge in [-0.1, -0.05) is 29.4 Å². The van der Waals surface area contributed by atoms with Gasteiger partial charge < -0.3 is 20.1 Å². The number of benzene rings is 2. The van der Waals surface area contributed by atoms with Crippen molar-refractivity contribution in [3.8, 4) is 11.4 Å². The number of β-amino-alcohol motifs (C(OH)–C–C–N with tert-alkyl or cyclic N) is 1. The number of hydrogen-bond acceptors (Lipinski definition) is 8. The molecule has 0 spiro atoms. The highest BCUT2D eigenvalue weighted by Gasteiger charge is 2.35. The Morgan fingerprint density at radius 1 is 1.25 bits per heavy atom. The first-order valence-electron chi connectivity index (χ1n) is 8.76. The molecule has 28 heavy (non-hydrogen) atoms. The van der Waals surface area contributed by atoms with Gasteiger partial charge in [-0.15, -0.1) is 0 Å². The minimum Gasteiger partial charge on any atom is -0.733 e. The van der Waals surface area contributed by atoms with Gasteiger partial charge in [-0.3, -0.25) is 10.1 Å². The third-order valence-electron chi connectivity index (χ3n) is 4.73. The van der Waals surface area contributed by atoms with Crippen LogP contribution in [0.1, 0.15) is 23.9 Å². The average molecular weight is 385 g/mol. The summed E-state index contributed by atoms with van der Waals surface area (Å²) in [6.45, 7) is 0.940. The Hall–Kier alpha value is -2.85. The smallest absolute Gasteiger partial charge is 0.244 e. The van der Waals surface area contributed by atoms with Gasteiger partial charge in [-0.05, 0) is 36.2 Å². The van der Waals surface area contributed by atoms with E-state index in [2.05, 4.69) is 10.1 Å². The van der Waals surface area contributed by atoms with Crippen molar-refractivity contribution in [2.75, 3.05) is 11.8 Å². The Bertz CT molecular complexity index is 947. The third-order valence-corrected chi connectivity index (χ3v) is 4.73. The lowest BCUT2D eigenvalue weighted by atomic mass is 10.1. The molecule has 1 aliphatic rings. The molecular formula is C19H18FN4O4-. The van der Waals surface area contributed by atoms with Crippen molar-refractivity contribution in [3.63, 3.8) is 0 Å². The number of aliphatic hydroxyl groups excluding tert-OH is 1. The van der Waals surface area contributed by atoms with Crippen LogP contribution in [-0.2, 0) is 6.54 Å². The minimum atomic E-state index is -0.535. The van der Waals surface area contributed by atoms with Crippen LogP contribution in [0.3, 0.4) is 0 Å². The van der Waals surface area contributed by atoms with Crippen molar-refractivity contribution in [1.82, 2.24) is 15.0 Å². The second-order valence-electron chi connectivity index (χ2n) is 6.74. The Morgan fingerprint density at radius 3 is 2.79 bits per heavy atom. The maximum atomic E-state index is 13.1. The van der Waals surface area contributed by atoms with Crippen molar-refractivity contribution in [3.05, 3.63) is 71.0 Å². The van der Waals surface area contributed by atoms with Gasteiger partial charge >= 0.3 is 0 Å². The molecule has 1 aromatic heterocycles. The molecule has 1 aliphatic heterocycles. The van der Waals surface area contributed by atoms with E-state index in [0.29, 0.717) is 31.0 Å². The molecule has 8 nitrogen and oxygen atoms in total. The molecule has 0 unspecified atom stereocenters. The molecule has 0 bridgehead atoms. The van der Waals surface area contributed by atoms with Crippen LogP contribution in [0.15, 0.2) is 53.1 Å². The van der Waals surface area contributed by atoms with Crippen molar-refractivity contribution in [2.45, 2.75) is 25.1 Å². The molecule has 146 valence electrons. The summed E-state index contributed by atoms with van der Waals surface area (Å²) in [6.07, 6.45) is -0.0963. The predicted octanol–water partition coefficient (Wildman–Crippen LogP) is 2.88. The number of aliphatic hydroxyl groups is 1. The molecule has 0 saturated carbocycles. The summed E-state index contributed by atoms with van der Waals surface area (Å²) in [5, 5.41) is 34.0. The Balaban J connectivity index is 1.56. The maximum absolute atomic E-state index is 13.1. The van der Waals surface area contributed by atoms with Crippen LogP contribution in [0.2, 0.25) is 0 Å². The Kier molecular flexibility index (Phi) is 5.05. The van der Waals surface area contributed by atoms with Gasteiger partial charge in [-0.2, -0.15) is 4.98 Å². The quantitative estimate of drug-likeness (QED) is 0.646. The van der Waals surface area contributed by atoms with Gasteiger partial charge in [-0.25, -0.2) is 4.39 Å². The SMILES string of the molecule is [O-]N(O)c1cccc(-c2noc([C@@H]3C[C@@H](O)CN3Cc3ccc(F)cc3)n2)c1. The van der Waals surface area contributed by atoms with E-state index in [1.807, 2.05) is 4.90 Å². The number of anilines is 1. The van der Waals surface area contributed by atoms with Crippen molar-refractivity contribution < 1.29 is 19.2 Å². The summed E-state index contributed by atoms with van der Waals surface area (Å²) in [7, 11) is 0. The summed E-state index contributed by atoms with van der Waals surface area (Å²) < 4.78 is 18.5. The van der Waals surface area contributed by atoms with Gasteiger partial charge in [0.1, 0.15) is 5.82 Å². The van der Waals surface area contributed by atoms with Crippen LogP contribution in [-0.4, -0.2) is 38.0 Å². The van der Waals surface area contributed by atoms with Crippen molar-refractivity contribution in [2.24, 2.45) is 0 Å². The molecule has 0 radical (unpaired) electrons. The van der Waals surface area contributed by atoms with Gasteiger partial charge in [0.05, 0.1) is 17.8 Å². The standard InChI is InChI=1S/C19H18FN4O4/c20-14-6-4-12(5-7-14)10-23-11-16(25)9-17(23)19-21-18(22-28-19)13-2-1-3-15(8-13)24(26)27/h1-8,16-17,25-26H,9-11H2/q-1/t16-,17+/m1/s1. The van der Waals surface area contributed by atoms with Crippen LogP contribution in [0.5, 0.6) is 0 Å². The molecule has 2 aromatic carbocycles. The summed E-state index contributed by atoms with van der Waals surface area (Å²) in [4.78, 5) is 6.41. The highest BCUT2D eigenvalue weighted by molar-refractivity contribution is 5.62. The second kappa shape index (κ2) is 7.64. The number of likely N-dealkylation sites (tertiary alicyclic amines) is 1. The lowest BCUT2D eigenvalue weighted by Crippen LogP contribution is -2.24. The molecular weight excluding hydrogens is 367 g/mol. The zero-order chi connectivity index (χ0) is 19.7. The third kappa shape index (κ3) is 3.87.